The molecule has 0 amide bonds. The third-order valence-electron chi connectivity index (χ3n) is 3.42. The summed E-state index contributed by atoms with van der Waals surface area (Å²) in [6, 6.07) is 0. The van der Waals surface area contributed by atoms with Gasteiger partial charge in [-0.2, -0.15) is 0 Å². The molecule has 0 aromatic rings. The minimum Gasteiger partial charge on any atom is -0.394 e. The maximum Gasteiger partial charge on any atom is 0.0708 e. The van der Waals surface area contributed by atoms with Crippen molar-refractivity contribution in [2.75, 3.05) is 13.2 Å². The number of ether oxygens (including phenoxy) is 1. The number of nitrogens with one attached hydrogen (secondary N) is 1. The van der Waals surface area contributed by atoms with Gasteiger partial charge in [-0.15, -0.1) is 0 Å². The summed E-state index contributed by atoms with van der Waals surface area (Å²) in [5, 5.41) is 12.6. The highest BCUT2D eigenvalue weighted by Crippen LogP contribution is 2.35. The molecule has 2 fully saturated rings. The maximum atomic E-state index is 9.13. The molecule has 14 heavy (non-hydrogen) atoms. The van der Waals surface area contributed by atoms with Gasteiger partial charge in [0.1, 0.15) is 0 Å². The van der Waals surface area contributed by atoms with Gasteiger partial charge in [0.15, 0.2) is 0 Å². The zero-order chi connectivity index (χ0) is 10.2. The van der Waals surface area contributed by atoms with E-state index in [0.717, 1.165) is 32.2 Å². The number of hydrogen-bond acceptors (Lipinski definition) is 3. The quantitative estimate of drug-likeness (QED) is 0.711. The van der Waals surface area contributed by atoms with Gasteiger partial charge in [0.05, 0.1) is 18.3 Å². The Kier molecular flexibility index (Phi) is 2.58. The van der Waals surface area contributed by atoms with Gasteiger partial charge in [-0.1, -0.05) is 0 Å². The number of hydrogen-bond donors (Lipinski definition) is 2. The van der Waals surface area contributed by atoms with Crippen LogP contribution in [0.25, 0.3) is 0 Å². The van der Waals surface area contributed by atoms with Crippen LogP contribution >= 0.6 is 0 Å². The van der Waals surface area contributed by atoms with E-state index in [-0.39, 0.29) is 17.7 Å². The molecular weight excluding hydrogens is 178 g/mol. The summed E-state index contributed by atoms with van der Waals surface area (Å²) in [6.45, 7) is 5.45. The van der Waals surface area contributed by atoms with E-state index in [1.165, 1.54) is 0 Å². The topological polar surface area (TPSA) is 41.5 Å². The first-order valence-electron chi connectivity index (χ1n) is 5.59. The van der Waals surface area contributed by atoms with E-state index in [1.54, 1.807) is 0 Å². The molecule has 1 aliphatic carbocycles. The Balaban J connectivity index is 1.72. The van der Waals surface area contributed by atoms with Crippen molar-refractivity contribution in [1.29, 1.82) is 0 Å². The van der Waals surface area contributed by atoms with Crippen LogP contribution in [0.1, 0.15) is 39.5 Å². The average molecular weight is 199 g/mol. The lowest BCUT2D eigenvalue weighted by molar-refractivity contribution is -0.0162. The van der Waals surface area contributed by atoms with Gasteiger partial charge in [0.2, 0.25) is 0 Å². The fourth-order valence-electron chi connectivity index (χ4n) is 2.09. The van der Waals surface area contributed by atoms with E-state index >= 15 is 0 Å². The molecular formula is C11H21NO2. The van der Waals surface area contributed by atoms with E-state index in [0.29, 0.717) is 6.10 Å². The van der Waals surface area contributed by atoms with E-state index in [4.69, 9.17) is 9.84 Å². The first-order chi connectivity index (χ1) is 6.55. The fraction of sp³-hybridized carbons (Fsp3) is 1.00. The molecule has 0 aromatic carbocycles. The van der Waals surface area contributed by atoms with Gasteiger partial charge in [0.25, 0.3) is 0 Å². The van der Waals surface area contributed by atoms with Crippen molar-refractivity contribution < 1.29 is 9.84 Å². The molecule has 0 radical (unpaired) electrons. The second-order valence-corrected chi connectivity index (χ2v) is 5.36. The highest BCUT2D eigenvalue weighted by Gasteiger charge is 2.42. The summed E-state index contributed by atoms with van der Waals surface area (Å²) >= 11 is 0. The molecule has 82 valence electrons. The Morgan fingerprint density at radius 2 is 2.07 bits per heavy atom. The van der Waals surface area contributed by atoms with E-state index in [1.807, 2.05) is 0 Å². The monoisotopic (exact) mass is 199 g/mol. The normalized spacial score (nSPS) is 33.2. The van der Waals surface area contributed by atoms with Crippen molar-refractivity contribution in [1.82, 2.24) is 5.32 Å². The van der Waals surface area contributed by atoms with Gasteiger partial charge in [-0.05, 0) is 39.5 Å². The van der Waals surface area contributed by atoms with Gasteiger partial charge in [0, 0.05) is 12.1 Å². The molecule has 0 aromatic heterocycles. The lowest BCUT2D eigenvalue weighted by Crippen LogP contribution is -2.40. The summed E-state index contributed by atoms with van der Waals surface area (Å²) in [5.74, 6) is 0. The Morgan fingerprint density at radius 3 is 2.50 bits per heavy atom. The van der Waals surface area contributed by atoms with E-state index in [2.05, 4.69) is 19.2 Å². The zero-order valence-electron chi connectivity index (χ0n) is 9.18. The Morgan fingerprint density at radius 1 is 1.36 bits per heavy atom. The Hall–Kier alpha value is -0.120. The van der Waals surface area contributed by atoms with Crippen LogP contribution in [-0.2, 0) is 4.74 Å². The standard InChI is InChI=1S/C11H21NO2/c1-10(2)4-3-9(14-10)7-12-11(8-13)5-6-11/h9,12-13H,3-8H2,1-2H3. The van der Waals surface area contributed by atoms with E-state index in [9.17, 15) is 0 Å². The maximum absolute atomic E-state index is 9.13. The van der Waals surface area contributed by atoms with Gasteiger partial charge < -0.3 is 15.2 Å². The molecule has 3 nitrogen and oxygen atoms in total. The first kappa shape index (κ1) is 10.4. The van der Waals surface area contributed by atoms with Crippen molar-refractivity contribution in [3.05, 3.63) is 0 Å². The molecule has 1 heterocycles. The third-order valence-corrected chi connectivity index (χ3v) is 3.42. The molecule has 1 saturated heterocycles. The molecule has 1 saturated carbocycles. The SMILES string of the molecule is CC1(C)CCC(CNC2(CO)CC2)O1. The molecule has 0 bridgehead atoms. The second kappa shape index (κ2) is 3.47. The minimum absolute atomic E-state index is 0.0517. The van der Waals surface area contributed by atoms with Crippen molar-refractivity contribution in [2.45, 2.75) is 56.8 Å². The smallest absolute Gasteiger partial charge is 0.0708 e. The van der Waals surface area contributed by atoms with Gasteiger partial charge in [-0.25, -0.2) is 0 Å². The lowest BCUT2D eigenvalue weighted by Gasteiger charge is -2.21. The molecule has 1 unspecified atom stereocenters. The summed E-state index contributed by atoms with van der Waals surface area (Å²) < 4.78 is 5.87. The van der Waals surface area contributed by atoms with Crippen LogP contribution in [0.15, 0.2) is 0 Å². The molecule has 1 aliphatic heterocycles. The first-order valence-corrected chi connectivity index (χ1v) is 5.59. The predicted octanol–water partition coefficient (Wildman–Crippen LogP) is 1.06. The summed E-state index contributed by atoms with van der Waals surface area (Å²) in [5.41, 5.74) is 0.109. The average Bonchev–Trinajstić information content (AvgIpc) is 2.84. The van der Waals surface area contributed by atoms with Crippen molar-refractivity contribution in [3.63, 3.8) is 0 Å². The number of rotatable bonds is 4. The van der Waals surface area contributed by atoms with Crippen molar-refractivity contribution in [2.24, 2.45) is 0 Å². The molecule has 2 N–H and O–H groups in total. The summed E-state index contributed by atoms with van der Waals surface area (Å²) in [4.78, 5) is 0. The van der Waals surface area contributed by atoms with Crippen LogP contribution in [-0.4, -0.2) is 35.5 Å². The molecule has 3 heteroatoms. The van der Waals surface area contributed by atoms with Crippen LogP contribution in [0.2, 0.25) is 0 Å². The predicted molar refractivity (Wildman–Crippen MR) is 55.2 cm³/mol. The van der Waals surface area contributed by atoms with Crippen LogP contribution in [0.5, 0.6) is 0 Å². The zero-order valence-corrected chi connectivity index (χ0v) is 9.18. The number of aliphatic hydroxyl groups is 1. The largest absolute Gasteiger partial charge is 0.394 e. The van der Waals surface area contributed by atoms with Crippen LogP contribution in [0, 0.1) is 0 Å². The van der Waals surface area contributed by atoms with Crippen LogP contribution in [0.3, 0.4) is 0 Å². The Labute approximate surface area is 85.8 Å². The van der Waals surface area contributed by atoms with Crippen molar-refractivity contribution >= 4 is 0 Å². The highest BCUT2D eigenvalue weighted by atomic mass is 16.5. The molecule has 0 spiro atoms. The van der Waals surface area contributed by atoms with Gasteiger partial charge in [-0.3, -0.25) is 0 Å². The Bertz CT molecular complexity index is 211. The molecule has 2 rings (SSSR count). The van der Waals surface area contributed by atoms with Crippen molar-refractivity contribution in [3.8, 4) is 0 Å². The number of aliphatic hydroxyl groups excluding tert-OH is 1. The minimum atomic E-state index is 0.0517. The van der Waals surface area contributed by atoms with E-state index < -0.39 is 0 Å². The van der Waals surface area contributed by atoms with Crippen LogP contribution < -0.4 is 5.32 Å². The fourth-order valence-corrected chi connectivity index (χ4v) is 2.09. The molecule has 1 atom stereocenters. The lowest BCUT2D eigenvalue weighted by atomic mass is 10.1. The highest BCUT2D eigenvalue weighted by molar-refractivity contribution is 5.02. The second-order valence-electron chi connectivity index (χ2n) is 5.36. The molecule has 2 aliphatic rings. The third kappa shape index (κ3) is 2.27. The van der Waals surface area contributed by atoms with Crippen LogP contribution in [0.4, 0.5) is 0 Å². The summed E-state index contributed by atoms with van der Waals surface area (Å²) in [7, 11) is 0. The van der Waals surface area contributed by atoms with Gasteiger partial charge >= 0.3 is 0 Å². The summed E-state index contributed by atoms with van der Waals surface area (Å²) in [6.07, 6.45) is 4.85.